The Morgan fingerprint density at radius 2 is 1.77 bits per heavy atom. The fourth-order valence-electron chi connectivity index (χ4n) is 3.36. The summed E-state index contributed by atoms with van der Waals surface area (Å²) in [5, 5.41) is 2.47. The molecule has 2 aliphatic heterocycles. The summed E-state index contributed by atoms with van der Waals surface area (Å²) >= 11 is 6.16. The average Bonchev–Trinajstić information content (AvgIpc) is 2.74. The molecule has 8 nitrogen and oxygen atoms in total. The highest BCUT2D eigenvalue weighted by atomic mass is 35.5. The monoisotopic (exact) mass is 471 g/mol. The van der Waals surface area contributed by atoms with Crippen LogP contribution in [-0.4, -0.2) is 62.2 Å². The lowest BCUT2D eigenvalue weighted by Gasteiger charge is -2.34. The Morgan fingerprint density at radius 1 is 1.06 bits per heavy atom. The lowest BCUT2D eigenvalue weighted by molar-refractivity contribution is -0.118. The highest BCUT2D eigenvalue weighted by Crippen LogP contribution is 2.37. The first-order chi connectivity index (χ1) is 14.7. The summed E-state index contributed by atoms with van der Waals surface area (Å²) in [4.78, 5) is 25.1. The number of ether oxygens (including phenoxy) is 1. The zero-order valence-electron chi connectivity index (χ0n) is 15.9. The molecular formula is C19H16ClF2N3O5S. The van der Waals surface area contributed by atoms with Crippen molar-refractivity contribution in [2.45, 2.75) is 4.90 Å². The molecule has 2 aromatic carbocycles. The molecule has 1 fully saturated rings. The molecule has 31 heavy (non-hydrogen) atoms. The number of carbonyl (C=O) groups excluding carboxylic acids is 2. The zero-order chi connectivity index (χ0) is 22.3. The number of sulfonamides is 1. The maximum absolute atomic E-state index is 13.4. The number of carbonyl (C=O) groups is 2. The van der Waals surface area contributed by atoms with Gasteiger partial charge in [-0.15, -0.1) is 0 Å². The van der Waals surface area contributed by atoms with E-state index in [2.05, 4.69) is 5.32 Å². The molecule has 0 saturated carbocycles. The van der Waals surface area contributed by atoms with Crippen LogP contribution in [0.2, 0.25) is 5.02 Å². The molecule has 0 aromatic heterocycles. The smallest absolute Gasteiger partial charge is 0.262 e. The minimum atomic E-state index is -4.00. The van der Waals surface area contributed by atoms with E-state index in [0.717, 1.165) is 12.1 Å². The number of fused-ring (bicyclic) bond motifs is 1. The Hall–Kier alpha value is -2.76. The van der Waals surface area contributed by atoms with Gasteiger partial charge in [0.2, 0.25) is 10.0 Å². The largest absolute Gasteiger partial charge is 0.482 e. The number of halogens is 3. The van der Waals surface area contributed by atoms with Gasteiger partial charge in [0, 0.05) is 37.8 Å². The van der Waals surface area contributed by atoms with E-state index in [0.29, 0.717) is 0 Å². The van der Waals surface area contributed by atoms with Gasteiger partial charge in [-0.1, -0.05) is 11.6 Å². The number of rotatable bonds is 3. The maximum Gasteiger partial charge on any atom is 0.262 e. The van der Waals surface area contributed by atoms with Crippen molar-refractivity contribution in [2.75, 3.05) is 38.1 Å². The second kappa shape index (κ2) is 8.06. The number of anilines is 1. The standard InChI is InChI=1S/C19H16ClF2N3O5S/c20-12-8-15-16(30-10-18(26)23-15)9-17(12)31(28,29)25-5-3-24(4-6-25)19(27)11-1-2-13(21)14(22)7-11/h1-2,7-9H,3-6,10H2,(H,23,26). The van der Waals surface area contributed by atoms with Crippen LogP contribution in [0.25, 0.3) is 0 Å². The highest BCUT2D eigenvalue weighted by Gasteiger charge is 2.33. The number of hydrogen-bond acceptors (Lipinski definition) is 5. The molecule has 1 N–H and O–H groups in total. The number of hydrogen-bond donors (Lipinski definition) is 1. The first-order valence-electron chi connectivity index (χ1n) is 9.17. The van der Waals surface area contributed by atoms with Crippen LogP contribution in [-0.2, 0) is 14.8 Å². The second-order valence-corrected chi connectivity index (χ2v) is 9.25. The summed E-state index contributed by atoms with van der Waals surface area (Å²) in [6.45, 7) is -0.136. The van der Waals surface area contributed by atoms with Crippen LogP contribution in [0.4, 0.5) is 14.5 Å². The Morgan fingerprint density at radius 3 is 2.45 bits per heavy atom. The Labute approximate surface area is 181 Å². The van der Waals surface area contributed by atoms with Crippen LogP contribution < -0.4 is 10.1 Å². The molecule has 0 atom stereocenters. The van der Waals surface area contributed by atoms with E-state index >= 15 is 0 Å². The third-order valence-corrected chi connectivity index (χ3v) is 7.34. The summed E-state index contributed by atoms with van der Waals surface area (Å²) in [7, 11) is -4.00. The molecular weight excluding hydrogens is 456 g/mol. The van der Waals surface area contributed by atoms with Gasteiger partial charge in [-0.2, -0.15) is 4.31 Å². The van der Waals surface area contributed by atoms with Crippen molar-refractivity contribution in [2.24, 2.45) is 0 Å². The average molecular weight is 472 g/mol. The van der Waals surface area contributed by atoms with Gasteiger partial charge >= 0.3 is 0 Å². The van der Waals surface area contributed by atoms with Gasteiger partial charge in [-0.05, 0) is 24.3 Å². The Bertz CT molecular complexity index is 1180. The van der Waals surface area contributed by atoms with Crippen molar-refractivity contribution in [3.05, 3.63) is 52.6 Å². The van der Waals surface area contributed by atoms with Gasteiger partial charge in [0.15, 0.2) is 18.2 Å². The lowest BCUT2D eigenvalue weighted by Crippen LogP contribution is -2.50. The Balaban J connectivity index is 1.50. The van der Waals surface area contributed by atoms with Crippen molar-refractivity contribution in [3.63, 3.8) is 0 Å². The summed E-state index contributed by atoms with van der Waals surface area (Å²) in [5.74, 6) is -2.90. The van der Waals surface area contributed by atoms with Gasteiger partial charge in [0.25, 0.3) is 11.8 Å². The zero-order valence-corrected chi connectivity index (χ0v) is 17.5. The van der Waals surface area contributed by atoms with E-state index in [1.165, 1.54) is 27.4 Å². The predicted molar refractivity (Wildman–Crippen MR) is 107 cm³/mol. The molecule has 0 bridgehead atoms. The van der Waals surface area contributed by atoms with E-state index in [-0.39, 0.29) is 65.6 Å². The number of amides is 2. The third-order valence-electron chi connectivity index (χ3n) is 4.98. The molecule has 164 valence electrons. The molecule has 1 saturated heterocycles. The number of benzene rings is 2. The topological polar surface area (TPSA) is 96.0 Å². The van der Waals surface area contributed by atoms with E-state index in [4.69, 9.17) is 16.3 Å². The van der Waals surface area contributed by atoms with Crippen LogP contribution in [0.1, 0.15) is 10.4 Å². The first-order valence-corrected chi connectivity index (χ1v) is 11.0. The van der Waals surface area contributed by atoms with Crippen molar-refractivity contribution in [1.82, 2.24) is 9.21 Å². The van der Waals surface area contributed by atoms with Crippen molar-refractivity contribution in [3.8, 4) is 5.75 Å². The predicted octanol–water partition coefficient (Wildman–Crippen LogP) is 2.10. The number of piperazine rings is 1. The molecule has 2 heterocycles. The van der Waals surface area contributed by atoms with Gasteiger partial charge in [-0.3, -0.25) is 9.59 Å². The summed E-state index contributed by atoms with van der Waals surface area (Å²) in [5.41, 5.74) is 0.259. The maximum atomic E-state index is 13.4. The summed E-state index contributed by atoms with van der Waals surface area (Å²) < 4.78 is 59.1. The molecule has 2 aromatic rings. The first kappa shape index (κ1) is 21.5. The van der Waals surface area contributed by atoms with Gasteiger partial charge in [0.05, 0.1) is 10.7 Å². The molecule has 2 amide bonds. The van der Waals surface area contributed by atoms with Crippen LogP contribution in [0.3, 0.4) is 0 Å². The molecule has 4 rings (SSSR count). The molecule has 0 spiro atoms. The van der Waals surface area contributed by atoms with Gasteiger partial charge in [0.1, 0.15) is 10.6 Å². The molecule has 0 radical (unpaired) electrons. The van der Waals surface area contributed by atoms with Crippen molar-refractivity contribution >= 4 is 39.1 Å². The minimum Gasteiger partial charge on any atom is -0.482 e. The normalized spacial score (nSPS) is 17.0. The highest BCUT2D eigenvalue weighted by molar-refractivity contribution is 7.89. The Kier molecular flexibility index (Phi) is 5.58. The fourth-order valence-corrected chi connectivity index (χ4v) is 5.30. The molecule has 2 aliphatic rings. The van der Waals surface area contributed by atoms with Crippen molar-refractivity contribution in [1.29, 1.82) is 0 Å². The number of nitrogens with zero attached hydrogens (tertiary/aromatic N) is 2. The summed E-state index contributed by atoms with van der Waals surface area (Å²) in [6, 6.07) is 5.42. The van der Waals surface area contributed by atoms with Crippen LogP contribution >= 0.6 is 11.6 Å². The second-order valence-electron chi connectivity index (χ2n) is 6.94. The third kappa shape index (κ3) is 4.08. The van der Waals surface area contributed by atoms with Crippen molar-refractivity contribution < 1.29 is 31.5 Å². The quantitative estimate of drug-likeness (QED) is 0.739. The van der Waals surface area contributed by atoms with Crippen LogP contribution in [0.15, 0.2) is 35.2 Å². The molecule has 12 heteroatoms. The van der Waals surface area contributed by atoms with Gasteiger partial charge in [-0.25, -0.2) is 17.2 Å². The van der Waals surface area contributed by atoms with E-state index in [9.17, 15) is 26.8 Å². The lowest BCUT2D eigenvalue weighted by atomic mass is 10.1. The van der Waals surface area contributed by atoms with Crippen LogP contribution in [0.5, 0.6) is 5.75 Å². The SMILES string of the molecule is O=C1COc2cc(S(=O)(=O)N3CCN(C(=O)c4ccc(F)c(F)c4)CC3)c(Cl)cc2N1. The minimum absolute atomic E-state index is 0.0112. The summed E-state index contributed by atoms with van der Waals surface area (Å²) in [6.07, 6.45) is 0. The van der Waals surface area contributed by atoms with E-state index in [1.807, 2.05) is 0 Å². The fraction of sp³-hybridized carbons (Fsp3) is 0.263. The number of nitrogens with one attached hydrogen (secondary N) is 1. The molecule has 0 unspecified atom stereocenters. The van der Waals surface area contributed by atoms with E-state index < -0.39 is 27.6 Å². The van der Waals surface area contributed by atoms with Gasteiger partial charge < -0.3 is 15.0 Å². The van der Waals surface area contributed by atoms with Crippen LogP contribution in [0, 0.1) is 11.6 Å². The molecule has 0 aliphatic carbocycles. The van der Waals surface area contributed by atoms with E-state index in [1.54, 1.807) is 0 Å².